The third-order valence-corrected chi connectivity index (χ3v) is 1.90. The fourth-order valence-corrected chi connectivity index (χ4v) is 1.19. The molecule has 17 heavy (non-hydrogen) atoms. The molecule has 0 fully saturated rings. The highest BCUT2D eigenvalue weighted by Gasteiger charge is 2.13. The van der Waals surface area contributed by atoms with Crippen molar-refractivity contribution in [2.75, 3.05) is 13.7 Å². The maximum absolute atomic E-state index is 10.9. The van der Waals surface area contributed by atoms with Crippen LogP contribution in [0.3, 0.4) is 0 Å². The minimum Gasteiger partial charge on any atom is -0.494 e. The Labute approximate surface area is 96.5 Å². The normalized spacial score (nSPS) is 10.4. The Kier molecular flexibility index (Phi) is 4.15. The first-order chi connectivity index (χ1) is 8.06. The van der Waals surface area contributed by atoms with Gasteiger partial charge in [-0.05, 0) is 12.1 Å². The lowest BCUT2D eigenvalue weighted by Gasteiger charge is -2.06. The van der Waals surface area contributed by atoms with Crippen molar-refractivity contribution in [3.8, 4) is 5.75 Å². The molecule has 0 spiro atoms. The average Bonchev–Trinajstić information content (AvgIpc) is 2.28. The summed E-state index contributed by atoms with van der Waals surface area (Å²) in [4.78, 5) is 24.2. The fraction of sp³-hybridized carbons (Fsp3) is 0.200. The monoisotopic (exact) mass is 238 g/mol. The summed E-state index contributed by atoms with van der Waals surface area (Å²) in [7, 11) is 1.37. The number of ether oxygens (including phenoxy) is 1. The lowest BCUT2D eigenvalue weighted by Crippen LogP contribution is -2.02. The number of hydrogen-bond acceptors (Lipinski definition) is 5. The molecule has 1 aromatic carbocycles. The van der Waals surface area contributed by atoms with Crippen LogP contribution in [0.4, 0.5) is 5.69 Å². The summed E-state index contributed by atoms with van der Waals surface area (Å²) in [5.74, 6) is -0.915. The Morgan fingerprint density at radius 3 is 2.88 bits per heavy atom. The van der Waals surface area contributed by atoms with Crippen molar-refractivity contribution in [3.63, 3.8) is 0 Å². The first-order valence-electron chi connectivity index (χ1n) is 4.61. The van der Waals surface area contributed by atoms with E-state index in [2.05, 4.69) is 4.99 Å². The van der Waals surface area contributed by atoms with Gasteiger partial charge in [-0.1, -0.05) is 6.07 Å². The second kappa shape index (κ2) is 5.59. The van der Waals surface area contributed by atoms with Gasteiger partial charge in [0.05, 0.1) is 18.9 Å². The van der Waals surface area contributed by atoms with E-state index in [1.54, 1.807) is 0 Å². The van der Waals surface area contributed by atoms with Gasteiger partial charge >= 0.3 is 5.97 Å². The number of aliphatic imine (C=N–C) groups is 1. The van der Waals surface area contributed by atoms with Crippen LogP contribution in [0.5, 0.6) is 5.75 Å². The van der Waals surface area contributed by atoms with Crippen LogP contribution in [0.15, 0.2) is 23.2 Å². The minimum absolute atomic E-state index is 0.0658. The van der Waals surface area contributed by atoms with Crippen molar-refractivity contribution in [2.24, 2.45) is 4.99 Å². The maximum Gasteiger partial charge on any atom is 0.338 e. The zero-order chi connectivity index (χ0) is 12.8. The summed E-state index contributed by atoms with van der Waals surface area (Å²) < 4.78 is 4.95. The standard InChI is InChI=1S/C10H10N2O5/c1-17-8-4-2-3-7(10(13)14)9(8)11-5-6-12(15)16/h2-5H,6H2,1H3,(H,13,14). The molecule has 0 aliphatic carbocycles. The van der Waals surface area contributed by atoms with Gasteiger partial charge in [-0.15, -0.1) is 0 Å². The number of para-hydroxylation sites is 1. The topological polar surface area (TPSA) is 102 Å². The van der Waals surface area contributed by atoms with Crippen LogP contribution in [-0.4, -0.2) is 35.9 Å². The van der Waals surface area contributed by atoms with Gasteiger partial charge in [0.2, 0.25) is 6.54 Å². The lowest BCUT2D eigenvalue weighted by molar-refractivity contribution is -0.462. The number of carboxylic acids is 1. The molecule has 0 saturated heterocycles. The predicted molar refractivity (Wildman–Crippen MR) is 60.0 cm³/mol. The van der Waals surface area contributed by atoms with E-state index in [1.165, 1.54) is 25.3 Å². The number of rotatable bonds is 5. The Hall–Kier alpha value is -2.44. The largest absolute Gasteiger partial charge is 0.494 e. The molecule has 90 valence electrons. The number of nitrogens with zero attached hydrogens (tertiary/aromatic N) is 2. The van der Waals surface area contributed by atoms with Crippen molar-refractivity contribution < 1.29 is 19.6 Å². The zero-order valence-corrected chi connectivity index (χ0v) is 8.99. The SMILES string of the molecule is COc1cccc(C(=O)O)c1N=CC[N+](=O)[O-]. The van der Waals surface area contributed by atoms with E-state index in [1.807, 2.05) is 0 Å². The van der Waals surface area contributed by atoms with Crippen molar-refractivity contribution in [2.45, 2.75) is 0 Å². The molecule has 0 saturated carbocycles. The van der Waals surface area contributed by atoms with Crippen LogP contribution < -0.4 is 4.74 Å². The lowest BCUT2D eigenvalue weighted by atomic mass is 10.1. The molecule has 1 rings (SSSR count). The van der Waals surface area contributed by atoms with E-state index in [-0.39, 0.29) is 17.0 Å². The van der Waals surface area contributed by atoms with Crippen LogP contribution in [0.1, 0.15) is 10.4 Å². The van der Waals surface area contributed by atoms with Crippen LogP contribution in [-0.2, 0) is 0 Å². The zero-order valence-electron chi connectivity index (χ0n) is 8.99. The molecular formula is C10H10N2O5. The highest BCUT2D eigenvalue weighted by Crippen LogP contribution is 2.30. The van der Waals surface area contributed by atoms with Crippen molar-refractivity contribution in [1.29, 1.82) is 0 Å². The molecule has 0 atom stereocenters. The number of carboxylic acid groups (broad SMARTS) is 1. The minimum atomic E-state index is -1.17. The van der Waals surface area contributed by atoms with Gasteiger partial charge in [-0.25, -0.2) is 9.79 Å². The summed E-state index contributed by atoms with van der Waals surface area (Å²) in [5.41, 5.74) is 0.00768. The molecule has 1 aromatic rings. The Morgan fingerprint density at radius 1 is 1.65 bits per heavy atom. The second-order valence-corrected chi connectivity index (χ2v) is 2.99. The van der Waals surface area contributed by atoms with Gasteiger partial charge in [0.25, 0.3) is 0 Å². The summed E-state index contributed by atoms with van der Waals surface area (Å²) in [6, 6.07) is 4.39. The maximum atomic E-state index is 10.9. The van der Waals surface area contributed by atoms with Gasteiger partial charge in [0, 0.05) is 4.92 Å². The summed E-state index contributed by atoms with van der Waals surface area (Å²) in [5, 5.41) is 19.1. The van der Waals surface area contributed by atoms with Gasteiger partial charge in [-0.3, -0.25) is 10.1 Å². The van der Waals surface area contributed by atoms with Gasteiger partial charge in [0.15, 0.2) is 0 Å². The van der Waals surface area contributed by atoms with Gasteiger partial charge < -0.3 is 9.84 Å². The fourth-order valence-electron chi connectivity index (χ4n) is 1.19. The Balaban J connectivity index is 3.13. The van der Waals surface area contributed by atoms with Crippen LogP contribution >= 0.6 is 0 Å². The van der Waals surface area contributed by atoms with E-state index in [0.29, 0.717) is 0 Å². The predicted octanol–water partition coefficient (Wildman–Crippen LogP) is 1.37. The van der Waals surface area contributed by atoms with E-state index in [4.69, 9.17) is 9.84 Å². The smallest absolute Gasteiger partial charge is 0.338 e. The van der Waals surface area contributed by atoms with E-state index in [9.17, 15) is 14.9 Å². The van der Waals surface area contributed by atoms with Crippen molar-refractivity contribution in [3.05, 3.63) is 33.9 Å². The van der Waals surface area contributed by atoms with Crippen molar-refractivity contribution >= 4 is 17.9 Å². The summed E-state index contributed by atoms with van der Waals surface area (Å²) >= 11 is 0. The van der Waals surface area contributed by atoms with Gasteiger partial charge in [-0.2, -0.15) is 0 Å². The first-order valence-corrected chi connectivity index (χ1v) is 4.61. The Morgan fingerprint density at radius 2 is 2.35 bits per heavy atom. The Bertz CT molecular complexity index is 470. The number of aromatic carboxylic acids is 1. The number of nitro groups is 1. The molecule has 7 heteroatoms. The third kappa shape index (κ3) is 3.26. The molecule has 7 nitrogen and oxygen atoms in total. The van der Waals surface area contributed by atoms with Gasteiger partial charge in [0.1, 0.15) is 11.4 Å². The highest BCUT2D eigenvalue weighted by atomic mass is 16.6. The molecule has 0 heterocycles. The average molecular weight is 238 g/mol. The van der Waals surface area contributed by atoms with Crippen molar-refractivity contribution in [1.82, 2.24) is 0 Å². The molecule has 0 unspecified atom stereocenters. The molecule has 0 radical (unpaired) electrons. The molecule has 0 aromatic heterocycles. The molecule has 0 aliphatic heterocycles. The van der Waals surface area contributed by atoms with E-state index >= 15 is 0 Å². The first kappa shape index (κ1) is 12.6. The number of methoxy groups -OCH3 is 1. The third-order valence-electron chi connectivity index (χ3n) is 1.90. The molecule has 0 bridgehead atoms. The quantitative estimate of drug-likeness (QED) is 0.474. The number of carbonyl (C=O) groups is 1. The number of hydrogen-bond donors (Lipinski definition) is 1. The molecule has 0 aliphatic rings. The van der Waals surface area contributed by atoms with E-state index < -0.39 is 17.4 Å². The highest BCUT2D eigenvalue weighted by molar-refractivity contribution is 5.95. The molecule has 0 amide bonds. The summed E-state index contributed by atoms with van der Waals surface area (Å²) in [6.07, 6.45) is 1.03. The summed E-state index contributed by atoms with van der Waals surface area (Å²) in [6.45, 7) is -0.475. The van der Waals surface area contributed by atoms with E-state index in [0.717, 1.165) is 6.21 Å². The molecular weight excluding hydrogens is 228 g/mol. The van der Waals surface area contributed by atoms with Crippen LogP contribution in [0.2, 0.25) is 0 Å². The second-order valence-electron chi connectivity index (χ2n) is 2.99. The van der Waals surface area contributed by atoms with Crippen LogP contribution in [0.25, 0.3) is 0 Å². The number of benzene rings is 1. The molecule has 1 N–H and O–H groups in total. The van der Waals surface area contributed by atoms with Crippen LogP contribution in [0, 0.1) is 10.1 Å².